The maximum absolute atomic E-state index is 10.3. The highest BCUT2D eigenvalue weighted by Crippen LogP contribution is 2.41. The van der Waals surface area contributed by atoms with E-state index < -0.39 is 12.2 Å². The highest BCUT2D eigenvalue weighted by atomic mass is 79.9. The molecule has 0 saturated heterocycles. The molecule has 2 atom stereocenters. The first-order valence-corrected chi connectivity index (χ1v) is 6.22. The van der Waals surface area contributed by atoms with Gasteiger partial charge in [-0.1, -0.05) is 46.3 Å². The summed E-state index contributed by atoms with van der Waals surface area (Å²) in [5.74, 6) is 0. The molecule has 2 N–H and O–H groups in total. The van der Waals surface area contributed by atoms with E-state index in [4.69, 9.17) is 0 Å². The molecular weight excluding hydrogens is 280 g/mol. The Labute approximate surface area is 108 Å². The van der Waals surface area contributed by atoms with Gasteiger partial charge in [-0.2, -0.15) is 0 Å². The summed E-state index contributed by atoms with van der Waals surface area (Å²) < 4.78 is 0.905. The normalized spacial score (nSPS) is 21.8. The van der Waals surface area contributed by atoms with Crippen LogP contribution in [0.3, 0.4) is 0 Å². The first-order chi connectivity index (χ1) is 8.18. The Balaban J connectivity index is 2.25. The largest absolute Gasteiger partial charge is 0.384 e. The van der Waals surface area contributed by atoms with E-state index in [0.29, 0.717) is 0 Å². The van der Waals surface area contributed by atoms with Crippen LogP contribution in [0.1, 0.15) is 34.5 Å². The Hall–Kier alpha value is -1.16. The zero-order chi connectivity index (χ0) is 12.0. The molecule has 0 heterocycles. The molecule has 0 spiro atoms. The molecule has 17 heavy (non-hydrogen) atoms. The van der Waals surface area contributed by atoms with Gasteiger partial charge in [0.15, 0.2) is 0 Å². The molecule has 1 aliphatic carbocycles. The fourth-order valence-corrected chi connectivity index (χ4v) is 2.75. The van der Waals surface area contributed by atoms with E-state index in [1.807, 2.05) is 42.5 Å². The van der Waals surface area contributed by atoms with Gasteiger partial charge >= 0.3 is 0 Å². The number of rotatable bonds is 0. The second kappa shape index (κ2) is 3.95. The lowest BCUT2D eigenvalue weighted by Crippen LogP contribution is -2.17. The van der Waals surface area contributed by atoms with E-state index in [9.17, 15) is 10.2 Å². The third-order valence-electron chi connectivity index (χ3n) is 3.22. The van der Waals surface area contributed by atoms with Gasteiger partial charge in [-0.25, -0.2) is 0 Å². The van der Waals surface area contributed by atoms with Gasteiger partial charge in [0.05, 0.1) is 0 Å². The zero-order valence-electron chi connectivity index (χ0n) is 8.97. The summed E-state index contributed by atoms with van der Waals surface area (Å²) in [7, 11) is 0. The number of hydrogen-bond acceptors (Lipinski definition) is 2. The van der Waals surface area contributed by atoms with E-state index in [1.54, 1.807) is 0 Å². The highest BCUT2D eigenvalue weighted by molar-refractivity contribution is 9.10. The second-order valence-corrected chi connectivity index (χ2v) is 5.12. The number of fused-ring (bicyclic) bond motifs is 2. The molecule has 0 amide bonds. The number of aliphatic hydroxyl groups excluding tert-OH is 2. The maximum atomic E-state index is 10.3. The van der Waals surface area contributed by atoms with Gasteiger partial charge in [0.25, 0.3) is 0 Å². The summed E-state index contributed by atoms with van der Waals surface area (Å²) in [4.78, 5) is 0. The molecule has 0 fully saturated rings. The van der Waals surface area contributed by atoms with Crippen LogP contribution in [0.4, 0.5) is 0 Å². The predicted molar refractivity (Wildman–Crippen MR) is 68.7 cm³/mol. The topological polar surface area (TPSA) is 40.5 Å². The minimum Gasteiger partial charge on any atom is -0.384 e. The standard InChI is InChI=1S/C14H11BrO2/c15-8-5-6-11-12(7-8)14(17)10-4-2-1-3-9(10)13(11)16/h1-7,13-14,16-17H/t13-,14+/m1/s1. The van der Waals surface area contributed by atoms with Gasteiger partial charge in [-0.15, -0.1) is 0 Å². The van der Waals surface area contributed by atoms with Crippen LogP contribution in [0, 0.1) is 0 Å². The quantitative estimate of drug-likeness (QED) is 0.783. The summed E-state index contributed by atoms with van der Waals surface area (Å²) in [6.45, 7) is 0. The molecule has 2 nitrogen and oxygen atoms in total. The van der Waals surface area contributed by atoms with Crippen LogP contribution in [0.2, 0.25) is 0 Å². The van der Waals surface area contributed by atoms with E-state index in [1.165, 1.54) is 0 Å². The summed E-state index contributed by atoms with van der Waals surface area (Å²) in [6.07, 6.45) is -1.32. The van der Waals surface area contributed by atoms with Crippen LogP contribution < -0.4 is 0 Å². The first-order valence-electron chi connectivity index (χ1n) is 5.43. The van der Waals surface area contributed by atoms with E-state index >= 15 is 0 Å². The van der Waals surface area contributed by atoms with Crippen molar-refractivity contribution in [2.75, 3.05) is 0 Å². The van der Waals surface area contributed by atoms with E-state index in [2.05, 4.69) is 15.9 Å². The summed E-state index contributed by atoms with van der Waals surface area (Å²) in [5, 5.41) is 20.6. The molecule has 2 aromatic carbocycles. The van der Waals surface area contributed by atoms with Crippen LogP contribution in [0.15, 0.2) is 46.9 Å². The number of aliphatic hydroxyl groups is 2. The lowest BCUT2D eigenvalue weighted by Gasteiger charge is -2.28. The summed E-state index contributed by atoms with van der Waals surface area (Å²) in [5.41, 5.74) is 3.12. The maximum Gasteiger partial charge on any atom is 0.105 e. The van der Waals surface area contributed by atoms with Crippen LogP contribution in [0.5, 0.6) is 0 Å². The van der Waals surface area contributed by atoms with Crippen molar-refractivity contribution in [3.05, 3.63) is 69.2 Å². The molecule has 3 rings (SSSR count). The average molecular weight is 291 g/mol. The van der Waals surface area contributed by atoms with Gasteiger partial charge in [0.1, 0.15) is 12.2 Å². The van der Waals surface area contributed by atoms with Crippen molar-refractivity contribution in [1.29, 1.82) is 0 Å². The van der Waals surface area contributed by atoms with Gasteiger partial charge in [0, 0.05) is 4.47 Å². The van der Waals surface area contributed by atoms with Crippen LogP contribution in [-0.4, -0.2) is 10.2 Å². The van der Waals surface area contributed by atoms with Crippen molar-refractivity contribution in [3.8, 4) is 0 Å². The van der Waals surface area contributed by atoms with E-state index in [0.717, 1.165) is 26.7 Å². The predicted octanol–water partition coefficient (Wildman–Crippen LogP) is 2.93. The second-order valence-electron chi connectivity index (χ2n) is 4.21. The molecule has 3 heteroatoms. The Morgan fingerprint density at radius 3 is 1.94 bits per heavy atom. The van der Waals surface area contributed by atoms with Crippen molar-refractivity contribution in [2.24, 2.45) is 0 Å². The summed E-state index contributed by atoms with van der Waals surface area (Å²) in [6, 6.07) is 13.0. The lowest BCUT2D eigenvalue weighted by molar-refractivity contribution is 0.173. The summed E-state index contributed by atoms with van der Waals surface area (Å²) >= 11 is 3.39. The fraction of sp³-hybridized carbons (Fsp3) is 0.143. The smallest absolute Gasteiger partial charge is 0.105 e. The van der Waals surface area contributed by atoms with Gasteiger partial charge in [-0.05, 0) is 34.4 Å². The Morgan fingerprint density at radius 1 is 0.765 bits per heavy atom. The van der Waals surface area contributed by atoms with Crippen LogP contribution in [-0.2, 0) is 0 Å². The molecule has 0 aliphatic heterocycles. The molecular formula is C14H11BrO2. The number of benzene rings is 2. The zero-order valence-corrected chi connectivity index (χ0v) is 10.6. The molecule has 0 unspecified atom stereocenters. The monoisotopic (exact) mass is 290 g/mol. The van der Waals surface area contributed by atoms with Gasteiger partial charge in [-0.3, -0.25) is 0 Å². The Morgan fingerprint density at radius 2 is 1.29 bits per heavy atom. The fourth-order valence-electron chi connectivity index (χ4n) is 2.38. The third kappa shape index (κ3) is 1.62. The minimum absolute atomic E-state index is 0.655. The Kier molecular flexibility index (Phi) is 2.54. The molecule has 86 valence electrons. The SMILES string of the molecule is O[C@@H]1c2ccccc2[C@H](O)c2cc(Br)ccc21. The van der Waals surface area contributed by atoms with Crippen molar-refractivity contribution in [2.45, 2.75) is 12.2 Å². The molecule has 0 saturated carbocycles. The van der Waals surface area contributed by atoms with Crippen LogP contribution >= 0.6 is 15.9 Å². The highest BCUT2D eigenvalue weighted by Gasteiger charge is 2.29. The van der Waals surface area contributed by atoms with Gasteiger partial charge < -0.3 is 10.2 Å². The first kappa shape index (κ1) is 11.0. The molecule has 0 bridgehead atoms. The molecule has 0 aromatic heterocycles. The molecule has 0 radical (unpaired) electrons. The van der Waals surface area contributed by atoms with Crippen molar-refractivity contribution < 1.29 is 10.2 Å². The average Bonchev–Trinajstić information content (AvgIpc) is 2.36. The molecule has 1 aliphatic rings. The van der Waals surface area contributed by atoms with Gasteiger partial charge in [0.2, 0.25) is 0 Å². The number of hydrogen-bond donors (Lipinski definition) is 2. The van der Waals surface area contributed by atoms with Crippen molar-refractivity contribution in [3.63, 3.8) is 0 Å². The van der Waals surface area contributed by atoms with Crippen molar-refractivity contribution in [1.82, 2.24) is 0 Å². The Bertz CT molecular complexity index is 580. The van der Waals surface area contributed by atoms with Crippen LogP contribution in [0.25, 0.3) is 0 Å². The molecule has 2 aromatic rings. The van der Waals surface area contributed by atoms with E-state index in [-0.39, 0.29) is 0 Å². The van der Waals surface area contributed by atoms with Crippen molar-refractivity contribution >= 4 is 15.9 Å². The lowest BCUT2D eigenvalue weighted by atomic mass is 9.82. The third-order valence-corrected chi connectivity index (χ3v) is 3.72. The number of halogens is 1. The minimum atomic E-state index is -0.665.